The molecule has 3 rings (SSSR count). The summed E-state index contributed by atoms with van der Waals surface area (Å²) in [5.74, 6) is 0.814. The number of carbonyl (C=O) groups is 2. The van der Waals surface area contributed by atoms with Crippen molar-refractivity contribution in [1.82, 2.24) is 9.80 Å². The predicted octanol–water partition coefficient (Wildman–Crippen LogP) is 3.39. The van der Waals surface area contributed by atoms with Crippen LogP contribution in [0.1, 0.15) is 37.8 Å². The van der Waals surface area contributed by atoms with Gasteiger partial charge < -0.3 is 19.3 Å². The Morgan fingerprint density at radius 3 is 3.00 bits per heavy atom. The van der Waals surface area contributed by atoms with E-state index in [9.17, 15) is 9.59 Å². The van der Waals surface area contributed by atoms with Gasteiger partial charge in [0.05, 0.1) is 19.3 Å². The SMILES string of the molecule is C=CCN1C[C@H]2COc3ccccc3[C@H]2N(C(=O)OCCCC)CCC1=O. The Morgan fingerprint density at radius 1 is 1.41 bits per heavy atom. The first-order valence-electron chi connectivity index (χ1n) is 9.69. The Kier molecular flexibility index (Phi) is 6.37. The third kappa shape index (κ3) is 4.26. The molecule has 2 heterocycles. The predicted molar refractivity (Wildman–Crippen MR) is 103 cm³/mol. The van der Waals surface area contributed by atoms with Gasteiger partial charge in [-0.2, -0.15) is 0 Å². The Balaban J connectivity index is 1.91. The molecule has 0 N–H and O–H groups in total. The van der Waals surface area contributed by atoms with E-state index in [0.717, 1.165) is 24.2 Å². The van der Waals surface area contributed by atoms with Gasteiger partial charge in [0.2, 0.25) is 5.91 Å². The summed E-state index contributed by atoms with van der Waals surface area (Å²) < 4.78 is 11.4. The average Bonchev–Trinajstić information content (AvgIpc) is 2.67. The quantitative estimate of drug-likeness (QED) is 0.587. The van der Waals surface area contributed by atoms with Crippen LogP contribution in [-0.2, 0) is 9.53 Å². The highest BCUT2D eigenvalue weighted by Gasteiger charge is 2.41. The molecule has 2 aliphatic heterocycles. The fourth-order valence-corrected chi connectivity index (χ4v) is 3.80. The second-order valence-corrected chi connectivity index (χ2v) is 7.05. The Morgan fingerprint density at radius 2 is 2.22 bits per heavy atom. The zero-order chi connectivity index (χ0) is 19.2. The minimum Gasteiger partial charge on any atom is -0.493 e. The first-order chi connectivity index (χ1) is 13.2. The Bertz CT molecular complexity index is 691. The maximum atomic E-state index is 12.8. The van der Waals surface area contributed by atoms with Crippen LogP contribution in [0.25, 0.3) is 0 Å². The fourth-order valence-electron chi connectivity index (χ4n) is 3.80. The fraction of sp³-hybridized carbons (Fsp3) is 0.524. The van der Waals surface area contributed by atoms with Crippen LogP contribution < -0.4 is 4.74 Å². The molecule has 0 bridgehead atoms. The second kappa shape index (κ2) is 8.93. The number of fused-ring (bicyclic) bond motifs is 3. The summed E-state index contributed by atoms with van der Waals surface area (Å²) in [5.41, 5.74) is 0.981. The number of amides is 2. The Labute approximate surface area is 160 Å². The van der Waals surface area contributed by atoms with Gasteiger partial charge in [0.1, 0.15) is 5.75 Å². The van der Waals surface area contributed by atoms with Crippen molar-refractivity contribution in [3.63, 3.8) is 0 Å². The maximum absolute atomic E-state index is 12.8. The van der Waals surface area contributed by atoms with E-state index < -0.39 is 0 Å². The van der Waals surface area contributed by atoms with Crippen molar-refractivity contribution < 1.29 is 19.1 Å². The van der Waals surface area contributed by atoms with Gasteiger partial charge in [-0.15, -0.1) is 6.58 Å². The normalized spacial score (nSPS) is 22.0. The molecule has 0 unspecified atom stereocenters. The summed E-state index contributed by atoms with van der Waals surface area (Å²) in [5, 5.41) is 0. The van der Waals surface area contributed by atoms with Crippen LogP contribution in [0, 0.1) is 5.92 Å². The van der Waals surface area contributed by atoms with E-state index >= 15 is 0 Å². The van der Waals surface area contributed by atoms with Crippen molar-refractivity contribution in [3.8, 4) is 5.75 Å². The second-order valence-electron chi connectivity index (χ2n) is 7.05. The van der Waals surface area contributed by atoms with Crippen molar-refractivity contribution in [3.05, 3.63) is 42.5 Å². The number of hydrogen-bond donors (Lipinski definition) is 0. The minimum absolute atomic E-state index is 0.0113. The van der Waals surface area contributed by atoms with E-state index in [1.807, 2.05) is 29.2 Å². The smallest absolute Gasteiger partial charge is 0.410 e. The zero-order valence-electron chi connectivity index (χ0n) is 15.9. The van der Waals surface area contributed by atoms with Gasteiger partial charge in [-0.3, -0.25) is 4.79 Å². The van der Waals surface area contributed by atoms with Gasteiger partial charge in [0.25, 0.3) is 0 Å². The molecule has 2 atom stereocenters. The van der Waals surface area contributed by atoms with Crippen LogP contribution in [-0.4, -0.2) is 54.6 Å². The lowest BCUT2D eigenvalue weighted by molar-refractivity contribution is -0.133. The van der Waals surface area contributed by atoms with Crippen molar-refractivity contribution in [2.75, 3.05) is 32.8 Å². The number of hydrogen-bond acceptors (Lipinski definition) is 4. The summed E-state index contributed by atoms with van der Waals surface area (Å²) in [6, 6.07) is 7.65. The van der Waals surface area contributed by atoms with E-state index in [4.69, 9.17) is 9.47 Å². The molecule has 6 heteroatoms. The van der Waals surface area contributed by atoms with E-state index in [1.54, 1.807) is 11.0 Å². The minimum atomic E-state index is -0.347. The molecule has 27 heavy (non-hydrogen) atoms. The number of unbranched alkanes of at least 4 members (excludes halogenated alkanes) is 1. The summed E-state index contributed by atoms with van der Waals surface area (Å²) in [6.07, 6.45) is 3.47. The van der Waals surface area contributed by atoms with Crippen molar-refractivity contribution in [1.29, 1.82) is 0 Å². The summed E-state index contributed by atoms with van der Waals surface area (Å²) in [6.45, 7) is 8.05. The molecular formula is C21H28N2O4. The number of ether oxygens (including phenoxy) is 2. The number of benzene rings is 1. The van der Waals surface area contributed by atoms with E-state index in [-0.39, 0.29) is 30.4 Å². The highest BCUT2D eigenvalue weighted by Crippen LogP contribution is 2.41. The molecule has 6 nitrogen and oxygen atoms in total. The summed E-state index contributed by atoms with van der Waals surface area (Å²) >= 11 is 0. The van der Waals surface area contributed by atoms with Crippen LogP contribution in [0.3, 0.4) is 0 Å². The van der Waals surface area contributed by atoms with E-state index in [1.165, 1.54) is 0 Å². The van der Waals surface area contributed by atoms with Crippen LogP contribution in [0.5, 0.6) is 5.75 Å². The van der Waals surface area contributed by atoms with Gasteiger partial charge in [-0.1, -0.05) is 37.6 Å². The standard InChI is InChI=1S/C21H28N2O4/c1-3-5-13-26-21(25)23-12-10-19(24)22(11-4-2)14-16-15-27-18-9-7-6-8-17(18)20(16)23/h4,6-9,16,20H,2-3,5,10-15H2,1H3/t16-,20-/m0/s1. The number of carbonyl (C=O) groups excluding carboxylic acids is 2. The van der Waals surface area contributed by atoms with E-state index in [0.29, 0.717) is 32.8 Å². The molecule has 1 aromatic carbocycles. The van der Waals surface area contributed by atoms with Gasteiger partial charge in [-0.05, 0) is 12.5 Å². The van der Waals surface area contributed by atoms with Crippen LogP contribution in [0.15, 0.2) is 36.9 Å². The molecular weight excluding hydrogens is 344 g/mol. The molecule has 0 saturated carbocycles. The van der Waals surface area contributed by atoms with Crippen LogP contribution in [0.2, 0.25) is 0 Å². The van der Waals surface area contributed by atoms with Crippen LogP contribution >= 0.6 is 0 Å². The molecule has 0 spiro atoms. The average molecular weight is 372 g/mol. The van der Waals surface area contributed by atoms with Crippen molar-refractivity contribution in [2.24, 2.45) is 5.92 Å². The van der Waals surface area contributed by atoms with Crippen molar-refractivity contribution >= 4 is 12.0 Å². The lowest BCUT2D eigenvalue weighted by atomic mass is 9.88. The number of nitrogens with zero attached hydrogens (tertiary/aromatic N) is 2. The molecule has 0 aromatic heterocycles. The van der Waals surface area contributed by atoms with Crippen LogP contribution in [0.4, 0.5) is 4.79 Å². The number of rotatable bonds is 5. The molecule has 0 aliphatic carbocycles. The first-order valence-corrected chi connectivity index (χ1v) is 9.69. The molecule has 2 aliphatic rings. The lowest BCUT2D eigenvalue weighted by Crippen LogP contribution is -2.51. The molecule has 0 radical (unpaired) electrons. The molecule has 1 aromatic rings. The zero-order valence-corrected chi connectivity index (χ0v) is 15.9. The largest absolute Gasteiger partial charge is 0.493 e. The monoisotopic (exact) mass is 372 g/mol. The highest BCUT2D eigenvalue weighted by atomic mass is 16.6. The van der Waals surface area contributed by atoms with E-state index in [2.05, 4.69) is 13.5 Å². The maximum Gasteiger partial charge on any atom is 0.410 e. The Hall–Kier alpha value is -2.50. The topological polar surface area (TPSA) is 59.1 Å². The van der Waals surface area contributed by atoms with Crippen molar-refractivity contribution in [2.45, 2.75) is 32.2 Å². The van der Waals surface area contributed by atoms with Gasteiger partial charge in [0.15, 0.2) is 0 Å². The summed E-state index contributed by atoms with van der Waals surface area (Å²) in [7, 11) is 0. The third-order valence-corrected chi connectivity index (χ3v) is 5.15. The first kappa shape index (κ1) is 19.3. The molecule has 1 fully saturated rings. The number of para-hydroxylation sites is 1. The molecule has 146 valence electrons. The third-order valence-electron chi connectivity index (χ3n) is 5.15. The van der Waals surface area contributed by atoms with Gasteiger partial charge in [-0.25, -0.2) is 4.79 Å². The molecule has 1 saturated heterocycles. The highest BCUT2D eigenvalue weighted by molar-refractivity contribution is 5.78. The summed E-state index contributed by atoms with van der Waals surface area (Å²) in [4.78, 5) is 28.9. The molecule has 2 amide bonds. The van der Waals surface area contributed by atoms with Gasteiger partial charge in [0, 0.05) is 37.5 Å². The van der Waals surface area contributed by atoms with Gasteiger partial charge >= 0.3 is 6.09 Å². The lowest BCUT2D eigenvalue weighted by Gasteiger charge is -2.43.